The summed E-state index contributed by atoms with van der Waals surface area (Å²) >= 11 is 0. The number of nitrogens with zero attached hydrogens (tertiary/aromatic N) is 3. The number of aromatic nitrogens is 3. The first-order valence-corrected chi connectivity index (χ1v) is 9.94. The Kier molecular flexibility index (Phi) is 5.05. The van der Waals surface area contributed by atoms with Crippen LogP contribution < -0.4 is 5.32 Å². The molecule has 7 heteroatoms. The standard InChI is InChI=1S/C22H24N4O3/c1-4-29-22(28)15-7-9-16(10-8-15)24-21(27)17-11-19(14-5-6-14)25-20-18(17)12-23-26(20)13(2)3/h7-14H,4-6H2,1-3H3,(H,24,27). The Balaban J connectivity index is 1.63. The van der Waals surface area contributed by atoms with Crippen LogP contribution in [-0.2, 0) is 4.74 Å². The molecular weight excluding hydrogens is 368 g/mol. The number of hydrogen-bond donors (Lipinski definition) is 1. The van der Waals surface area contributed by atoms with Crippen molar-refractivity contribution >= 4 is 28.6 Å². The van der Waals surface area contributed by atoms with Gasteiger partial charge in [0.2, 0.25) is 0 Å². The van der Waals surface area contributed by atoms with Crippen LogP contribution in [0.4, 0.5) is 5.69 Å². The van der Waals surface area contributed by atoms with Crippen LogP contribution in [-0.4, -0.2) is 33.2 Å². The molecule has 150 valence electrons. The highest BCUT2D eigenvalue weighted by molar-refractivity contribution is 6.12. The van der Waals surface area contributed by atoms with E-state index in [1.54, 1.807) is 37.4 Å². The zero-order valence-corrected chi connectivity index (χ0v) is 16.8. The van der Waals surface area contributed by atoms with Crippen molar-refractivity contribution in [2.24, 2.45) is 0 Å². The Morgan fingerprint density at radius 3 is 2.59 bits per heavy atom. The van der Waals surface area contributed by atoms with Gasteiger partial charge in [0.15, 0.2) is 5.65 Å². The van der Waals surface area contributed by atoms with Gasteiger partial charge in [0.25, 0.3) is 5.91 Å². The van der Waals surface area contributed by atoms with Crippen molar-refractivity contribution in [3.8, 4) is 0 Å². The third-order valence-corrected chi connectivity index (χ3v) is 4.97. The zero-order valence-electron chi connectivity index (χ0n) is 16.8. The van der Waals surface area contributed by atoms with Crippen LogP contribution in [0.2, 0.25) is 0 Å². The molecule has 0 saturated heterocycles. The molecule has 0 bridgehead atoms. The van der Waals surface area contributed by atoms with E-state index in [-0.39, 0.29) is 17.9 Å². The number of rotatable bonds is 6. The Morgan fingerprint density at radius 2 is 1.97 bits per heavy atom. The fraction of sp³-hybridized carbons (Fsp3) is 0.364. The molecule has 0 unspecified atom stereocenters. The number of hydrogen-bond acceptors (Lipinski definition) is 5. The van der Waals surface area contributed by atoms with Gasteiger partial charge in [-0.1, -0.05) is 0 Å². The molecule has 2 aromatic heterocycles. The van der Waals surface area contributed by atoms with Crippen LogP contribution in [0.15, 0.2) is 36.5 Å². The van der Waals surface area contributed by atoms with Crippen LogP contribution >= 0.6 is 0 Å². The summed E-state index contributed by atoms with van der Waals surface area (Å²) in [5.74, 6) is -0.173. The zero-order chi connectivity index (χ0) is 20.5. The molecule has 0 atom stereocenters. The second-order valence-electron chi connectivity index (χ2n) is 7.54. The molecule has 7 nitrogen and oxygen atoms in total. The number of fused-ring (bicyclic) bond motifs is 1. The summed E-state index contributed by atoms with van der Waals surface area (Å²) in [4.78, 5) is 29.6. The molecular formula is C22H24N4O3. The molecule has 1 saturated carbocycles. The van der Waals surface area contributed by atoms with Crippen LogP contribution in [0.1, 0.15) is 72.0 Å². The Labute approximate surface area is 169 Å². The smallest absolute Gasteiger partial charge is 0.338 e. The van der Waals surface area contributed by atoms with Gasteiger partial charge < -0.3 is 10.1 Å². The monoisotopic (exact) mass is 392 g/mol. The Bertz CT molecular complexity index is 1070. The van der Waals surface area contributed by atoms with E-state index in [4.69, 9.17) is 9.72 Å². The van der Waals surface area contributed by atoms with E-state index in [0.29, 0.717) is 29.3 Å². The number of amides is 1. The first kappa shape index (κ1) is 19.1. The van der Waals surface area contributed by atoms with Gasteiger partial charge >= 0.3 is 5.97 Å². The summed E-state index contributed by atoms with van der Waals surface area (Å²) in [6.45, 7) is 6.17. The number of pyridine rings is 1. The van der Waals surface area contributed by atoms with Gasteiger partial charge in [-0.25, -0.2) is 14.5 Å². The van der Waals surface area contributed by atoms with Crippen LogP contribution in [0.3, 0.4) is 0 Å². The molecule has 3 aromatic rings. The molecule has 1 aliphatic carbocycles. The fourth-order valence-electron chi connectivity index (χ4n) is 3.29. The van der Waals surface area contributed by atoms with Crippen LogP contribution in [0.5, 0.6) is 0 Å². The highest BCUT2D eigenvalue weighted by Crippen LogP contribution is 2.40. The second kappa shape index (κ2) is 7.66. The number of carbonyl (C=O) groups is 2. The normalized spacial score (nSPS) is 13.7. The second-order valence-corrected chi connectivity index (χ2v) is 7.54. The average Bonchev–Trinajstić information content (AvgIpc) is 3.46. The summed E-state index contributed by atoms with van der Waals surface area (Å²) < 4.78 is 6.84. The molecule has 1 amide bonds. The average molecular weight is 392 g/mol. The number of nitrogens with one attached hydrogen (secondary N) is 1. The number of esters is 1. The van der Waals surface area contributed by atoms with E-state index in [9.17, 15) is 9.59 Å². The SMILES string of the molecule is CCOC(=O)c1ccc(NC(=O)c2cc(C3CC3)nc3c2cnn3C(C)C)cc1. The minimum atomic E-state index is -0.378. The highest BCUT2D eigenvalue weighted by Gasteiger charge is 2.28. The molecule has 1 aliphatic rings. The van der Waals surface area contributed by atoms with E-state index in [2.05, 4.69) is 10.4 Å². The van der Waals surface area contributed by atoms with Gasteiger partial charge in [-0.2, -0.15) is 5.10 Å². The molecule has 1 aromatic carbocycles. The third-order valence-electron chi connectivity index (χ3n) is 4.97. The van der Waals surface area contributed by atoms with E-state index in [0.717, 1.165) is 29.6 Å². The van der Waals surface area contributed by atoms with Gasteiger partial charge in [0, 0.05) is 23.3 Å². The number of ether oxygens (including phenoxy) is 1. The Hall–Kier alpha value is -3.22. The van der Waals surface area contributed by atoms with Crippen molar-refractivity contribution in [2.45, 2.75) is 45.6 Å². The van der Waals surface area contributed by atoms with Crippen molar-refractivity contribution in [1.82, 2.24) is 14.8 Å². The summed E-state index contributed by atoms with van der Waals surface area (Å²) in [5.41, 5.74) is 3.32. The molecule has 0 spiro atoms. The first-order valence-electron chi connectivity index (χ1n) is 9.94. The lowest BCUT2D eigenvalue weighted by Gasteiger charge is -2.11. The molecule has 4 rings (SSSR count). The molecule has 0 radical (unpaired) electrons. The lowest BCUT2D eigenvalue weighted by atomic mass is 10.1. The van der Waals surface area contributed by atoms with Crippen molar-refractivity contribution in [1.29, 1.82) is 0 Å². The number of benzene rings is 1. The van der Waals surface area contributed by atoms with Crippen LogP contribution in [0, 0.1) is 0 Å². The minimum absolute atomic E-state index is 0.154. The van der Waals surface area contributed by atoms with Crippen molar-refractivity contribution < 1.29 is 14.3 Å². The molecule has 1 fully saturated rings. The number of carbonyl (C=O) groups excluding carboxylic acids is 2. The Morgan fingerprint density at radius 1 is 1.24 bits per heavy atom. The van der Waals surface area contributed by atoms with E-state index in [1.165, 1.54) is 0 Å². The van der Waals surface area contributed by atoms with Gasteiger partial charge in [-0.05, 0) is 63.9 Å². The van der Waals surface area contributed by atoms with Gasteiger partial charge in [-0.15, -0.1) is 0 Å². The maximum absolute atomic E-state index is 13.1. The minimum Gasteiger partial charge on any atom is -0.462 e. The molecule has 1 N–H and O–H groups in total. The summed E-state index contributed by atoms with van der Waals surface area (Å²) in [6.07, 6.45) is 3.91. The van der Waals surface area contributed by atoms with E-state index < -0.39 is 0 Å². The van der Waals surface area contributed by atoms with Crippen molar-refractivity contribution in [2.75, 3.05) is 11.9 Å². The molecule has 29 heavy (non-hydrogen) atoms. The first-order chi connectivity index (χ1) is 14.0. The summed E-state index contributed by atoms with van der Waals surface area (Å²) in [6, 6.07) is 8.71. The van der Waals surface area contributed by atoms with E-state index >= 15 is 0 Å². The maximum Gasteiger partial charge on any atom is 0.338 e. The topological polar surface area (TPSA) is 86.1 Å². The highest BCUT2D eigenvalue weighted by atomic mass is 16.5. The van der Waals surface area contributed by atoms with Gasteiger partial charge in [0.1, 0.15) is 0 Å². The summed E-state index contributed by atoms with van der Waals surface area (Å²) in [7, 11) is 0. The fourth-order valence-corrected chi connectivity index (χ4v) is 3.29. The molecule has 0 aliphatic heterocycles. The van der Waals surface area contributed by atoms with Gasteiger partial charge in [-0.3, -0.25) is 4.79 Å². The predicted octanol–water partition coefficient (Wildman–Crippen LogP) is 4.32. The van der Waals surface area contributed by atoms with Crippen LogP contribution in [0.25, 0.3) is 11.0 Å². The summed E-state index contributed by atoms with van der Waals surface area (Å²) in [5, 5.41) is 8.09. The van der Waals surface area contributed by atoms with E-state index in [1.807, 2.05) is 24.6 Å². The van der Waals surface area contributed by atoms with Crippen molar-refractivity contribution in [3.63, 3.8) is 0 Å². The molecule has 2 heterocycles. The largest absolute Gasteiger partial charge is 0.462 e. The van der Waals surface area contributed by atoms with Gasteiger partial charge in [0.05, 0.1) is 29.3 Å². The lowest BCUT2D eigenvalue weighted by Crippen LogP contribution is -2.14. The quantitative estimate of drug-likeness (QED) is 0.632. The maximum atomic E-state index is 13.1. The predicted molar refractivity (Wildman–Crippen MR) is 110 cm³/mol. The third kappa shape index (κ3) is 3.85. The van der Waals surface area contributed by atoms with Crippen molar-refractivity contribution in [3.05, 3.63) is 53.3 Å². The number of anilines is 1. The lowest BCUT2D eigenvalue weighted by molar-refractivity contribution is 0.0526.